The molecular formula is C10H19NO2S. The highest BCUT2D eigenvalue weighted by molar-refractivity contribution is 8.01. The summed E-state index contributed by atoms with van der Waals surface area (Å²) in [7, 11) is 1.75. The van der Waals surface area contributed by atoms with Crippen molar-refractivity contribution in [2.45, 2.75) is 37.7 Å². The molecule has 0 bridgehead atoms. The lowest BCUT2D eigenvalue weighted by Crippen LogP contribution is -2.29. The van der Waals surface area contributed by atoms with Gasteiger partial charge < -0.3 is 9.69 Å². The standard InChI is InChI=1S/C10H19NO2S/c1-5-11(4)10(13)6-9(7-12)14-8(2)3/h7-9H,5-6H2,1-4H3. The number of thioether (sulfide) groups is 1. The minimum absolute atomic E-state index is 0.0396. The van der Waals surface area contributed by atoms with Crippen LogP contribution in [-0.2, 0) is 9.59 Å². The van der Waals surface area contributed by atoms with Gasteiger partial charge in [0.25, 0.3) is 0 Å². The predicted octanol–water partition coefficient (Wildman–Crippen LogP) is 1.56. The fraction of sp³-hybridized carbons (Fsp3) is 0.800. The van der Waals surface area contributed by atoms with Crippen molar-refractivity contribution in [1.82, 2.24) is 4.90 Å². The molecule has 0 heterocycles. The number of carbonyl (C=O) groups excluding carboxylic acids is 2. The lowest BCUT2D eigenvalue weighted by molar-refractivity contribution is -0.130. The molecule has 0 aliphatic heterocycles. The first kappa shape index (κ1) is 13.5. The number of hydrogen-bond donors (Lipinski definition) is 0. The van der Waals surface area contributed by atoms with E-state index in [-0.39, 0.29) is 11.2 Å². The molecule has 0 aromatic heterocycles. The van der Waals surface area contributed by atoms with Gasteiger partial charge >= 0.3 is 0 Å². The molecule has 0 aliphatic carbocycles. The summed E-state index contributed by atoms with van der Waals surface area (Å²) in [5.74, 6) is 0.0396. The topological polar surface area (TPSA) is 37.4 Å². The summed E-state index contributed by atoms with van der Waals surface area (Å²) in [6, 6.07) is 0. The van der Waals surface area contributed by atoms with E-state index >= 15 is 0 Å². The Labute approximate surface area is 90.2 Å². The number of carbonyl (C=O) groups is 2. The average Bonchev–Trinajstić information content (AvgIpc) is 2.14. The Hall–Kier alpha value is -0.510. The van der Waals surface area contributed by atoms with Crippen molar-refractivity contribution in [3.8, 4) is 0 Å². The molecule has 0 radical (unpaired) electrons. The number of nitrogens with zero attached hydrogens (tertiary/aromatic N) is 1. The van der Waals surface area contributed by atoms with Crippen LogP contribution in [-0.4, -0.2) is 41.2 Å². The number of hydrogen-bond acceptors (Lipinski definition) is 3. The van der Waals surface area contributed by atoms with Crippen LogP contribution < -0.4 is 0 Å². The molecule has 0 fully saturated rings. The van der Waals surface area contributed by atoms with E-state index in [4.69, 9.17) is 0 Å². The van der Waals surface area contributed by atoms with Crippen LogP contribution in [0.1, 0.15) is 27.2 Å². The SMILES string of the molecule is CCN(C)C(=O)CC(C=O)SC(C)C. The van der Waals surface area contributed by atoms with Gasteiger partial charge in [-0.3, -0.25) is 4.79 Å². The van der Waals surface area contributed by atoms with Gasteiger partial charge in [-0.2, -0.15) is 0 Å². The molecule has 4 heteroatoms. The van der Waals surface area contributed by atoms with E-state index < -0.39 is 0 Å². The second kappa shape index (κ2) is 6.87. The zero-order valence-electron chi connectivity index (χ0n) is 9.32. The highest BCUT2D eigenvalue weighted by Gasteiger charge is 2.16. The lowest BCUT2D eigenvalue weighted by Gasteiger charge is -2.17. The molecule has 14 heavy (non-hydrogen) atoms. The maximum atomic E-state index is 11.5. The summed E-state index contributed by atoms with van der Waals surface area (Å²) in [6.07, 6.45) is 1.18. The highest BCUT2D eigenvalue weighted by atomic mass is 32.2. The van der Waals surface area contributed by atoms with Crippen LogP contribution in [0.15, 0.2) is 0 Å². The van der Waals surface area contributed by atoms with Gasteiger partial charge in [0, 0.05) is 20.0 Å². The highest BCUT2D eigenvalue weighted by Crippen LogP contribution is 2.18. The molecule has 1 atom stereocenters. The molecule has 82 valence electrons. The Morgan fingerprint density at radius 1 is 1.50 bits per heavy atom. The zero-order valence-corrected chi connectivity index (χ0v) is 10.1. The van der Waals surface area contributed by atoms with Gasteiger partial charge in [0.05, 0.1) is 5.25 Å². The van der Waals surface area contributed by atoms with Crippen molar-refractivity contribution >= 4 is 24.0 Å². The molecular weight excluding hydrogens is 198 g/mol. The van der Waals surface area contributed by atoms with Gasteiger partial charge in [-0.25, -0.2) is 0 Å². The van der Waals surface area contributed by atoms with Crippen LogP contribution in [0.25, 0.3) is 0 Å². The Kier molecular flexibility index (Phi) is 6.62. The minimum atomic E-state index is -0.198. The first-order valence-corrected chi connectivity index (χ1v) is 5.80. The van der Waals surface area contributed by atoms with E-state index in [1.54, 1.807) is 23.7 Å². The smallest absolute Gasteiger partial charge is 0.223 e. The molecule has 1 unspecified atom stereocenters. The Bertz CT molecular complexity index is 195. The molecule has 3 nitrogen and oxygen atoms in total. The molecule has 0 rings (SSSR count). The van der Waals surface area contributed by atoms with Crippen LogP contribution in [0.2, 0.25) is 0 Å². The summed E-state index contributed by atoms with van der Waals surface area (Å²) >= 11 is 1.54. The fourth-order valence-electron chi connectivity index (χ4n) is 0.982. The summed E-state index contributed by atoms with van der Waals surface area (Å²) in [4.78, 5) is 23.8. The van der Waals surface area contributed by atoms with Crippen LogP contribution >= 0.6 is 11.8 Å². The maximum absolute atomic E-state index is 11.5. The van der Waals surface area contributed by atoms with Crippen LogP contribution in [0.4, 0.5) is 0 Å². The van der Waals surface area contributed by atoms with Crippen molar-refractivity contribution in [2.75, 3.05) is 13.6 Å². The van der Waals surface area contributed by atoms with E-state index in [1.807, 2.05) is 20.8 Å². The number of amides is 1. The van der Waals surface area contributed by atoms with Gasteiger partial charge in [0.1, 0.15) is 6.29 Å². The number of rotatable bonds is 6. The van der Waals surface area contributed by atoms with Gasteiger partial charge in [-0.15, -0.1) is 11.8 Å². The van der Waals surface area contributed by atoms with Gasteiger partial charge in [-0.05, 0) is 12.2 Å². The zero-order chi connectivity index (χ0) is 11.1. The molecule has 0 saturated heterocycles. The molecule has 0 aromatic carbocycles. The van der Waals surface area contributed by atoms with Crippen LogP contribution in [0.3, 0.4) is 0 Å². The van der Waals surface area contributed by atoms with Crippen LogP contribution in [0, 0.1) is 0 Å². The third-order valence-corrected chi connectivity index (χ3v) is 3.05. The van der Waals surface area contributed by atoms with Gasteiger partial charge in [0.15, 0.2) is 0 Å². The Morgan fingerprint density at radius 2 is 2.07 bits per heavy atom. The molecule has 0 N–H and O–H groups in total. The lowest BCUT2D eigenvalue weighted by atomic mass is 10.3. The van der Waals surface area contributed by atoms with Crippen LogP contribution in [0.5, 0.6) is 0 Å². The number of aldehydes is 1. The van der Waals surface area contributed by atoms with E-state index in [0.717, 1.165) is 6.29 Å². The van der Waals surface area contributed by atoms with Crippen molar-refractivity contribution in [1.29, 1.82) is 0 Å². The summed E-state index contributed by atoms with van der Waals surface area (Å²) in [6.45, 7) is 6.66. The van der Waals surface area contributed by atoms with Crippen molar-refractivity contribution in [2.24, 2.45) is 0 Å². The first-order valence-electron chi connectivity index (χ1n) is 4.86. The monoisotopic (exact) mass is 217 g/mol. The fourth-order valence-corrected chi connectivity index (χ4v) is 1.98. The van der Waals surface area contributed by atoms with Crippen molar-refractivity contribution < 1.29 is 9.59 Å². The van der Waals surface area contributed by atoms with E-state index in [2.05, 4.69) is 0 Å². The van der Waals surface area contributed by atoms with E-state index in [1.165, 1.54) is 0 Å². The van der Waals surface area contributed by atoms with Crippen molar-refractivity contribution in [3.05, 3.63) is 0 Å². The largest absolute Gasteiger partial charge is 0.346 e. The van der Waals surface area contributed by atoms with E-state index in [0.29, 0.717) is 18.2 Å². The molecule has 0 spiro atoms. The second-order valence-electron chi connectivity index (χ2n) is 3.47. The molecule has 0 aromatic rings. The second-order valence-corrected chi connectivity index (χ2v) is 5.29. The Balaban J connectivity index is 4.04. The molecule has 0 aliphatic rings. The summed E-state index contributed by atoms with van der Waals surface area (Å²) < 4.78 is 0. The maximum Gasteiger partial charge on any atom is 0.223 e. The summed E-state index contributed by atoms with van der Waals surface area (Å²) in [5.41, 5.74) is 0. The van der Waals surface area contributed by atoms with Gasteiger partial charge in [-0.1, -0.05) is 13.8 Å². The molecule has 0 saturated carbocycles. The van der Waals surface area contributed by atoms with Gasteiger partial charge in [0.2, 0.25) is 5.91 Å². The molecule has 1 amide bonds. The third-order valence-electron chi connectivity index (χ3n) is 1.87. The predicted molar refractivity (Wildman–Crippen MR) is 60.5 cm³/mol. The first-order chi connectivity index (χ1) is 6.51. The third kappa shape index (κ3) is 5.27. The minimum Gasteiger partial charge on any atom is -0.346 e. The quantitative estimate of drug-likeness (QED) is 0.634. The van der Waals surface area contributed by atoms with E-state index in [9.17, 15) is 9.59 Å². The normalized spacial score (nSPS) is 12.6. The summed E-state index contributed by atoms with van der Waals surface area (Å²) in [5, 5.41) is 0.182. The van der Waals surface area contributed by atoms with Crippen molar-refractivity contribution in [3.63, 3.8) is 0 Å². The average molecular weight is 217 g/mol. The Morgan fingerprint density at radius 3 is 2.43 bits per heavy atom.